The molecule has 1 N–H and O–H groups in total. The van der Waals surface area contributed by atoms with Crippen LogP contribution in [-0.2, 0) is 14.3 Å². The van der Waals surface area contributed by atoms with Gasteiger partial charge in [-0.3, -0.25) is 4.18 Å². The summed E-state index contributed by atoms with van der Waals surface area (Å²) in [6.45, 7) is 2.14. The predicted molar refractivity (Wildman–Crippen MR) is 106 cm³/mol. The summed E-state index contributed by atoms with van der Waals surface area (Å²) >= 11 is 0. The molecule has 0 spiro atoms. The fourth-order valence-electron chi connectivity index (χ4n) is 2.80. The van der Waals surface area contributed by atoms with Crippen molar-refractivity contribution < 1.29 is 17.7 Å². The zero-order valence-electron chi connectivity index (χ0n) is 16.4. The topological polar surface area (TPSA) is 63.6 Å². The first-order chi connectivity index (χ1) is 12.0. The second kappa shape index (κ2) is 17.0. The largest absolute Gasteiger partial charge is 0.389 e. The highest BCUT2D eigenvalue weighted by Gasteiger charge is 2.06. The van der Waals surface area contributed by atoms with E-state index in [9.17, 15) is 13.5 Å². The van der Waals surface area contributed by atoms with Crippen molar-refractivity contribution in [1.82, 2.24) is 0 Å². The van der Waals surface area contributed by atoms with E-state index in [2.05, 4.69) is 17.2 Å². The van der Waals surface area contributed by atoms with Gasteiger partial charge >= 0.3 is 0 Å². The summed E-state index contributed by atoms with van der Waals surface area (Å²) in [7, 11) is -2.04. The number of hydrogen-bond acceptors (Lipinski definition) is 4. The fraction of sp³-hybridized carbons (Fsp3) is 0.900. The molecule has 150 valence electrons. The molecule has 1 atom stereocenters. The van der Waals surface area contributed by atoms with Gasteiger partial charge in [-0.25, -0.2) is 0 Å². The highest BCUT2D eigenvalue weighted by atomic mass is 32.2. The Hall–Kier alpha value is -0.390. The molecule has 0 aromatic rings. The minimum Gasteiger partial charge on any atom is -0.389 e. The average molecular weight is 377 g/mol. The van der Waals surface area contributed by atoms with Crippen LogP contribution in [0.3, 0.4) is 0 Å². The van der Waals surface area contributed by atoms with Gasteiger partial charge in [0.2, 0.25) is 0 Å². The van der Waals surface area contributed by atoms with E-state index >= 15 is 0 Å². The van der Waals surface area contributed by atoms with E-state index in [-0.39, 0.29) is 11.9 Å². The van der Waals surface area contributed by atoms with Crippen molar-refractivity contribution in [2.45, 2.75) is 103 Å². The van der Waals surface area contributed by atoms with Crippen molar-refractivity contribution in [2.75, 3.05) is 12.9 Å². The van der Waals surface area contributed by atoms with Gasteiger partial charge in [-0.1, -0.05) is 83.3 Å². The molecule has 0 rings (SSSR count). The van der Waals surface area contributed by atoms with Crippen molar-refractivity contribution in [3.63, 3.8) is 0 Å². The van der Waals surface area contributed by atoms with Crippen molar-refractivity contribution in [2.24, 2.45) is 0 Å². The lowest BCUT2D eigenvalue weighted by molar-refractivity contribution is 0.209. The molecule has 4 nitrogen and oxygen atoms in total. The van der Waals surface area contributed by atoms with Gasteiger partial charge in [0.15, 0.2) is 0 Å². The molecule has 0 aliphatic heterocycles. The van der Waals surface area contributed by atoms with E-state index in [1.807, 2.05) is 6.08 Å². The molecule has 0 saturated heterocycles. The van der Waals surface area contributed by atoms with E-state index in [0.29, 0.717) is 6.42 Å². The SMILES string of the molecule is CCCCC(O)C=CCCCCCCCCCCCCS(=O)(=O)OC. The Kier molecular flexibility index (Phi) is 16.8. The molecular formula is C20H40O4S. The van der Waals surface area contributed by atoms with Gasteiger partial charge in [0.1, 0.15) is 0 Å². The molecule has 0 saturated carbocycles. The van der Waals surface area contributed by atoms with Crippen LogP contribution in [0, 0.1) is 0 Å². The van der Waals surface area contributed by atoms with Crippen molar-refractivity contribution in [3.05, 3.63) is 12.2 Å². The van der Waals surface area contributed by atoms with E-state index in [1.54, 1.807) is 0 Å². The first kappa shape index (κ1) is 24.6. The Morgan fingerprint density at radius 3 is 1.92 bits per heavy atom. The number of aliphatic hydroxyl groups excluding tert-OH is 1. The molecule has 0 radical (unpaired) electrons. The summed E-state index contributed by atoms with van der Waals surface area (Å²) in [6.07, 6.45) is 19.6. The maximum absolute atomic E-state index is 11.1. The minimum atomic E-state index is -3.26. The molecule has 0 aromatic heterocycles. The van der Waals surface area contributed by atoms with Crippen LogP contribution in [0.4, 0.5) is 0 Å². The number of rotatable bonds is 18. The number of hydrogen-bond donors (Lipinski definition) is 1. The maximum Gasteiger partial charge on any atom is 0.267 e. The smallest absolute Gasteiger partial charge is 0.267 e. The maximum atomic E-state index is 11.1. The van der Waals surface area contributed by atoms with Gasteiger partial charge in [-0.2, -0.15) is 8.42 Å². The van der Waals surface area contributed by atoms with Crippen molar-refractivity contribution in [1.29, 1.82) is 0 Å². The van der Waals surface area contributed by atoms with Crippen molar-refractivity contribution >= 4 is 10.1 Å². The van der Waals surface area contributed by atoms with Crippen LogP contribution in [-0.4, -0.2) is 32.5 Å². The first-order valence-corrected chi connectivity index (χ1v) is 11.7. The molecule has 5 heteroatoms. The fourth-order valence-corrected chi connectivity index (χ4v) is 3.53. The van der Waals surface area contributed by atoms with Gasteiger partial charge in [0.05, 0.1) is 19.0 Å². The third-order valence-corrected chi connectivity index (χ3v) is 5.78. The Bertz CT molecular complexity index is 404. The van der Waals surface area contributed by atoms with Gasteiger partial charge in [-0.05, 0) is 25.7 Å². The lowest BCUT2D eigenvalue weighted by Gasteiger charge is -2.04. The van der Waals surface area contributed by atoms with E-state index in [0.717, 1.165) is 38.5 Å². The summed E-state index contributed by atoms with van der Waals surface area (Å²) in [4.78, 5) is 0. The van der Waals surface area contributed by atoms with Crippen molar-refractivity contribution in [3.8, 4) is 0 Å². The zero-order chi connectivity index (χ0) is 18.8. The Labute approximate surface area is 156 Å². The van der Waals surface area contributed by atoms with Crippen LogP contribution in [0.5, 0.6) is 0 Å². The van der Waals surface area contributed by atoms with Gasteiger partial charge < -0.3 is 5.11 Å². The van der Waals surface area contributed by atoms with E-state index < -0.39 is 10.1 Å². The molecule has 0 amide bonds. The number of aliphatic hydroxyl groups is 1. The zero-order valence-corrected chi connectivity index (χ0v) is 17.2. The van der Waals surface area contributed by atoms with Gasteiger partial charge in [-0.15, -0.1) is 0 Å². The Balaban J connectivity index is 3.25. The van der Waals surface area contributed by atoms with Crippen LogP contribution >= 0.6 is 0 Å². The highest BCUT2D eigenvalue weighted by molar-refractivity contribution is 7.86. The standard InChI is InChI=1S/C20H40O4S/c1-3-4-17-20(21)18-15-13-11-9-7-5-6-8-10-12-14-16-19-25(22,23)24-2/h15,18,20-21H,3-14,16-17,19H2,1-2H3. The molecular weight excluding hydrogens is 336 g/mol. The third kappa shape index (κ3) is 18.2. The highest BCUT2D eigenvalue weighted by Crippen LogP contribution is 2.12. The molecule has 0 heterocycles. The van der Waals surface area contributed by atoms with Gasteiger partial charge in [0.25, 0.3) is 10.1 Å². The normalized spacial score (nSPS) is 13.6. The molecule has 1 unspecified atom stereocenters. The van der Waals surface area contributed by atoms with Crippen LogP contribution in [0.25, 0.3) is 0 Å². The average Bonchev–Trinajstić information content (AvgIpc) is 2.60. The molecule has 0 fully saturated rings. The predicted octanol–water partition coefficient (Wildman–Crippen LogP) is 5.36. The lowest BCUT2D eigenvalue weighted by Crippen LogP contribution is -2.07. The second-order valence-corrected chi connectivity index (χ2v) is 8.75. The number of allylic oxidation sites excluding steroid dienone is 1. The van der Waals surface area contributed by atoms with Crippen LogP contribution in [0.15, 0.2) is 12.2 Å². The van der Waals surface area contributed by atoms with Crippen LogP contribution in [0.1, 0.15) is 96.8 Å². The summed E-state index contributed by atoms with van der Waals surface area (Å²) in [5.41, 5.74) is 0. The summed E-state index contributed by atoms with van der Waals surface area (Å²) in [6, 6.07) is 0. The molecule has 25 heavy (non-hydrogen) atoms. The number of unbranched alkanes of at least 4 members (excludes halogenated alkanes) is 11. The summed E-state index contributed by atoms with van der Waals surface area (Å²) < 4.78 is 26.7. The molecule has 0 bridgehead atoms. The third-order valence-electron chi connectivity index (χ3n) is 4.48. The summed E-state index contributed by atoms with van der Waals surface area (Å²) in [5.74, 6) is 0.146. The quantitative estimate of drug-likeness (QED) is 0.199. The Morgan fingerprint density at radius 1 is 0.880 bits per heavy atom. The second-order valence-electron chi connectivity index (χ2n) is 6.89. The summed E-state index contributed by atoms with van der Waals surface area (Å²) in [5, 5.41) is 9.69. The van der Waals surface area contributed by atoms with E-state index in [4.69, 9.17) is 0 Å². The minimum absolute atomic E-state index is 0.146. The van der Waals surface area contributed by atoms with Crippen LogP contribution in [0.2, 0.25) is 0 Å². The van der Waals surface area contributed by atoms with E-state index in [1.165, 1.54) is 52.1 Å². The Morgan fingerprint density at radius 2 is 1.40 bits per heavy atom. The monoisotopic (exact) mass is 376 g/mol. The van der Waals surface area contributed by atoms with Crippen LogP contribution < -0.4 is 0 Å². The molecule has 0 aromatic carbocycles. The molecule has 0 aliphatic rings. The molecule has 0 aliphatic carbocycles. The van der Waals surface area contributed by atoms with Gasteiger partial charge in [0, 0.05) is 0 Å². The first-order valence-electron chi connectivity index (χ1n) is 10.1. The lowest BCUT2D eigenvalue weighted by atomic mass is 10.1.